The fourth-order valence-electron chi connectivity index (χ4n) is 4.60. The molecule has 0 aromatic heterocycles. The first-order valence-electron chi connectivity index (χ1n) is 9.91. The second-order valence-electron chi connectivity index (χ2n) is 8.02. The Bertz CT molecular complexity index is 1030. The second-order valence-corrected chi connectivity index (χ2v) is 8.43. The van der Waals surface area contributed by atoms with Crippen molar-refractivity contribution in [2.45, 2.75) is 30.6 Å². The molecule has 30 heavy (non-hydrogen) atoms. The van der Waals surface area contributed by atoms with Crippen molar-refractivity contribution >= 4 is 29.3 Å². The summed E-state index contributed by atoms with van der Waals surface area (Å²) in [6.07, 6.45) is 0.413. The number of likely N-dealkylation sites (N-methyl/N-ethyl adjacent to an activating group) is 1. The molecule has 156 valence electrons. The van der Waals surface area contributed by atoms with E-state index in [1.807, 2.05) is 0 Å². The van der Waals surface area contributed by atoms with Crippen LogP contribution in [0.1, 0.15) is 36.3 Å². The molecule has 0 saturated carbocycles. The quantitative estimate of drug-likeness (QED) is 0.700. The molecule has 2 aromatic rings. The van der Waals surface area contributed by atoms with Crippen molar-refractivity contribution in [2.75, 3.05) is 20.1 Å². The predicted octanol–water partition coefficient (Wildman–Crippen LogP) is 3.51. The molecule has 2 fully saturated rings. The van der Waals surface area contributed by atoms with Crippen LogP contribution in [0.2, 0.25) is 5.02 Å². The van der Waals surface area contributed by atoms with Crippen molar-refractivity contribution in [3.05, 3.63) is 70.5 Å². The number of hydrogen-bond donors (Lipinski definition) is 0. The average Bonchev–Trinajstić information content (AvgIpc) is 3.29. The summed E-state index contributed by atoms with van der Waals surface area (Å²) in [5, 5.41) is 0.354. The third-order valence-corrected chi connectivity index (χ3v) is 6.60. The molecule has 2 unspecified atom stereocenters. The van der Waals surface area contributed by atoms with Crippen molar-refractivity contribution in [3.63, 3.8) is 0 Å². The van der Waals surface area contributed by atoms with E-state index in [1.54, 1.807) is 47.4 Å². The molecule has 2 aliphatic heterocycles. The Morgan fingerprint density at radius 1 is 1.17 bits per heavy atom. The minimum atomic E-state index is -1.31. The summed E-state index contributed by atoms with van der Waals surface area (Å²) in [6.45, 7) is 0.866. The topological polar surface area (TPSA) is 57.7 Å². The van der Waals surface area contributed by atoms with E-state index >= 15 is 0 Å². The number of halogens is 2. The van der Waals surface area contributed by atoms with E-state index in [0.717, 1.165) is 4.90 Å². The van der Waals surface area contributed by atoms with Crippen LogP contribution in [0.4, 0.5) is 4.39 Å². The van der Waals surface area contributed by atoms with Crippen LogP contribution < -0.4 is 0 Å². The summed E-state index contributed by atoms with van der Waals surface area (Å²) in [5.41, 5.74) is -0.217. The van der Waals surface area contributed by atoms with Crippen LogP contribution >= 0.6 is 11.6 Å². The molecular formula is C23H22ClFN2O3. The van der Waals surface area contributed by atoms with Crippen molar-refractivity contribution in [1.82, 2.24) is 9.80 Å². The Balaban J connectivity index is 1.60. The maximum Gasteiger partial charge on any atom is 0.240 e. The first-order chi connectivity index (χ1) is 14.3. The number of likely N-dealkylation sites (tertiary alicyclic amines) is 2. The molecule has 0 aliphatic carbocycles. The molecule has 0 N–H and O–H groups in total. The van der Waals surface area contributed by atoms with Crippen molar-refractivity contribution in [1.29, 1.82) is 0 Å². The van der Waals surface area contributed by atoms with Crippen LogP contribution in [0.3, 0.4) is 0 Å². The van der Waals surface area contributed by atoms with E-state index in [1.165, 1.54) is 13.1 Å². The van der Waals surface area contributed by atoms with E-state index in [-0.39, 0.29) is 36.4 Å². The maximum atomic E-state index is 14.2. The van der Waals surface area contributed by atoms with Crippen molar-refractivity contribution in [2.24, 2.45) is 0 Å². The van der Waals surface area contributed by atoms with E-state index < -0.39 is 11.3 Å². The largest absolute Gasteiger partial charge is 0.342 e. The van der Waals surface area contributed by atoms with Gasteiger partial charge in [0.15, 0.2) is 0 Å². The molecule has 2 atom stereocenters. The predicted molar refractivity (Wildman–Crippen MR) is 110 cm³/mol. The Morgan fingerprint density at radius 2 is 1.87 bits per heavy atom. The first-order valence-corrected chi connectivity index (χ1v) is 10.3. The number of carbonyl (C=O) groups is 3. The minimum absolute atomic E-state index is 0.0880. The Hall–Kier alpha value is -2.73. The zero-order valence-corrected chi connectivity index (χ0v) is 17.4. The SMILES string of the molecule is CN1C(=O)CC(CC(=O)N2CCC(c3ccccc3F)C2)(c2ccccc2Cl)C1=O. The Kier molecular flexibility index (Phi) is 5.36. The van der Waals surface area contributed by atoms with Gasteiger partial charge in [0.1, 0.15) is 5.82 Å². The molecular weight excluding hydrogens is 407 g/mol. The molecule has 4 rings (SSSR count). The van der Waals surface area contributed by atoms with Gasteiger partial charge in [0.2, 0.25) is 17.7 Å². The molecule has 2 saturated heterocycles. The average molecular weight is 429 g/mol. The van der Waals surface area contributed by atoms with Crippen LogP contribution in [-0.4, -0.2) is 47.7 Å². The van der Waals surface area contributed by atoms with Crippen LogP contribution in [0.15, 0.2) is 48.5 Å². The molecule has 2 heterocycles. The highest BCUT2D eigenvalue weighted by molar-refractivity contribution is 6.32. The molecule has 3 amide bonds. The smallest absolute Gasteiger partial charge is 0.240 e. The van der Waals surface area contributed by atoms with Crippen LogP contribution in [0.5, 0.6) is 0 Å². The van der Waals surface area contributed by atoms with Gasteiger partial charge in [-0.05, 0) is 29.7 Å². The third-order valence-electron chi connectivity index (χ3n) is 6.27. The van der Waals surface area contributed by atoms with Gasteiger partial charge in [-0.2, -0.15) is 0 Å². The van der Waals surface area contributed by atoms with E-state index in [0.29, 0.717) is 35.7 Å². The van der Waals surface area contributed by atoms with Gasteiger partial charge in [-0.3, -0.25) is 19.3 Å². The van der Waals surface area contributed by atoms with E-state index in [2.05, 4.69) is 0 Å². The summed E-state index contributed by atoms with van der Waals surface area (Å²) in [6, 6.07) is 13.4. The first kappa shape index (κ1) is 20.5. The summed E-state index contributed by atoms with van der Waals surface area (Å²) in [5.74, 6) is -1.35. The summed E-state index contributed by atoms with van der Waals surface area (Å²) >= 11 is 6.37. The second kappa shape index (κ2) is 7.84. The lowest BCUT2D eigenvalue weighted by molar-refractivity contribution is -0.141. The number of carbonyl (C=O) groups excluding carboxylic acids is 3. The monoisotopic (exact) mass is 428 g/mol. The third kappa shape index (κ3) is 3.39. The highest BCUT2D eigenvalue weighted by Gasteiger charge is 2.54. The van der Waals surface area contributed by atoms with Gasteiger partial charge in [-0.1, -0.05) is 48.0 Å². The normalized spacial score (nSPS) is 24.0. The van der Waals surface area contributed by atoms with Crippen LogP contribution in [0.25, 0.3) is 0 Å². The van der Waals surface area contributed by atoms with Gasteiger partial charge in [0, 0.05) is 43.9 Å². The Morgan fingerprint density at radius 3 is 2.53 bits per heavy atom. The summed E-state index contributed by atoms with van der Waals surface area (Å²) in [7, 11) is 1.43. The molecule has 5 nitrogen and oxygen atoms in total. The molecule has 0 radical (unpaired) electrons. The Labute approximate surface area is 179 Å². The lowest BCUT2D eigenvalue weighted by Gasteiger charge is -2.29. The summed E-state index contributed by atoms with van der Waals surface area (Å²) < 4.78 is 14.2. The molecule has 0 spiro atoms. The fraction of sp³-hybridized carbons (Fsp3) is 0.348. The van der Waals surface area contributed by atoms with E-state index in [4.69, 9.17) is 11.6 Å². The number of hydrogen-bond acceptors (Lipinski definition) is 3. The lowest BCUT2D eigenvalue weighted by atomic mass is 9.75. The molecule has 0 bridgehead atoms. The molecule has 2 aliphatic rings. The van der Waals surface area contributed by atoms with Crippen LogP contribution in [-0.2, 0) is 19.8 Å². The molecule has 7 heteroatoms. The number of imide groups is 1. The van der Waals surface area contributed by atoms with Gasteiger partial charge >= 0.3 is 0 Å². The van der Waals surface area contributed by atoms with Gasteiger partial charge in [0.05, 0.1) is 5.41 Å². The zero-order valence-electron chi connectivity index (χ0n) is 16.6. The van der Waals surface area contributed by atoms with Gasteiger partial charge in [-0.25, -0.2) is 4.39 Å². The van der Waals surface area contributed by atoms with Crippen LogP contribution in [0, 0.1) is 5.82 Å². The standard InChI is InChI=1S/C23H22ClFN2O3/c1-26-20(28)12-23(22(26)30,17-7-3-4-8-18(17)24)13-21(29)27-11-10-15(14-27)16-6-2-5-9-19(16)25/h2-9,15H,10-14H2,1H3. The lowest BCUT2D eigenvalue weighted by Crippen LogP contribution is -2.42. The maximum absolute atomic E-state index is 14.2. The minimum Gasteiger partial charge on any atom is -0.342 e. The highest BCUT2D eigenvalue weighted by Crippen LogP contribution is 2.43. The van der Waals surface area contributed by atoms with Gasteiger partial charge in [-0.15, -0.1) is 0 Å². The number of amides is 3. The van der Waals surface area contributed by atoms with E-state index in [9.17, 15) is 18.8 Å². The number of nitrogens with zero attached hydrogens (tertiary/aromatic N) is 2. The number of benzene rings is 2. The van der Waals surface area contributed by atoms with Gasteiger partial charge < -0.3 is 4.90 Å². The number of rotatable bonds is 4. The van der Waals surface area contributed by atoms with Gasteiger partial charge in [0.25, 0.3) is 0 Å². The fourth-order valence-corrected chi connectivity index (χ4v) is 4.91. The highest BCUT2D eigenvalue weighted by atomic mass is 35.5. The van der Waals surface area contributed by atoms with Crippen molar-refractivity contribution in [3.8, 4) is 0 Å². The van der Waals surface area contributed by atoms with Crippen molar-refractivity contribution < 1.29 is 18.8 Å². The summed E-state index contributed by atoms with van der Waals surface area (Å²) in [4.78, 5) is 41.4. The molecule has 2 aromatic carbocycles. The zero-order chi connectivity index (χ0) is 21.5.